The molecule has 0 spiro atoms. The molecular formula is C14H20N4O2. The van der Waals surface area contributed by atoms with Crippen LogP contribution in [0.1, 0.15) is 50.4 Å². The average Bonchev–Trinajstić information content (AvgIpc) is 2.44. The van der Waals surface area contributed by atoms with E-state index in [9.17, 15) is 10.1 Å². The molecule has 0 aliphatic heterocycles. The molecule has 0 amide bonds. The Morgan fingerprint density at radius 1 is 1.40 bits per heavy atom. The molecule has 0 fully saturated rings. The monoisotopic (exact) mass is 276 g/mol. The molecule has 0 aromatic carbocycles. The first kappa shape index (κ1) is 15.9. The number of nitrogens with one attached hydrogen (secondary N) is 1. The van der Waals surface area contributed by atoms with E-state index >= 15 is 0 Å². The summed E-state index contributed by atoms with van der Waals surface area (Å²) in [5, 5.41) is 29.3. The van der Waals surface area contributed by atoms with Crippen LogP contribution in [-0.2, 0) is 17.6 Å². The Balaban J connectivity index is 2.96. The van der Waals surface area contributed by atoms with Gasteiger partial charge in [-0.15, -0.1) is 5.10 Å². The van der Waals surface area contributed by atoms with E-state index in [0.29, 0.717) is 17.8 Å². The van der Waals surface area contributed by atoms with Crippen LogP contribution in [0.3, 0.4) is 0 Å². The molecule has 0 aliphatic carbocycles. The largest absolute Gasteiger partial charge is 0.481 e. The second-order valence-corrected chi connectivity index (χ2v) is 4.65. The molecule has 1 atom stereocenters. The molecule has 2 N–H and O–H groups in total. The Morgan fingerprint density at radius 2 is 2.10 bits per heavy atom. The van der Waals surface area contributed by atoms with E-state index in [0.717, 1.165) is 24.1 Å². The summed E-state index contributed by atoms with van der Waals surface area (Å²) in [4.78, 5) is 10.6. The molecule has 0 radical (unpaired) electrons. The average molecular weight is 276 g/mol. The first-order chi connectivity index (χ1) is 9.53. The predicted molar refractivity (Wildman–Crippen MR) is 75.5 cm³/mol. The highest BCUT2D eigenvalue weighted by molar-refractivity contribution is 5.66. The number of aromatic nitrogens is 2. The third kappa shape index (κ3) is 3.92. The smallest absolute Gasteiger partial charge is 0.303 e. The lowest BCUT2D eigenvalue weighted by molar-refractivity contribution is -0.137. The number of rotatable bonds is 7. The second kappa shape index (κ2) is 7.43. The van der Waals surface area contributed by atoms with E-state index in [1.807, 2.05) is 20.8 Å². The molecule has 6 nitrogen and oxygen atoms in total. The second-order valence-electron chi connectivity index (χ2n) is 4.65. The minimum Gasteiger partial charge on any atom is -0.481 e. The van der Waals surface area contributed by atoms with Crippen LogP contribution in [0, 0.1) is 11.3 Å². The quantitative estimate of drug-likeness (QED) is 0.791. The van der Waals surface area contributed by atoms with E-state index in [4.69, 9.17) is 5.11 Å². The van der Waals surface area contributed by atoms with Gasteiger partial charge in [-0.05, 0) is 31.7 Å². The summed E-state index contributed by atoms with van der Waals surface area (Å²) in [5.41, 5.74) is 2.27. The van der Waals surface area contributed by atoms with Crippen molar-refractivity contribution in [2.45, 2.75) is 52.5 Å². The number of nitriles is 1. The van der Waals surface area contributed by atoms with Gasteiger partial charge in [0, 0.05) is 12.5 Å². The zero-order valence-corrected chi connectivity index (χ0v) is 12.1. The number of hydrogen-bond donors (Lipinski definition) is 2. The number of carboxylic acid groups (broad SMARTS) is 1. The molecule has 0 bridgehead atoms. The van der Waals surface area contributed by atoms with Gasteiger partial charge in [0.2, 0.25) is 0 Å². The Morgan fingerprint density at radius 3 is 2.60 bits per heavy atom. The molecule has 1 heterocycles. The Labute approximate surface area is 118 Å². The summed E-state index contributed by atoms with van der Waals surface area (Å²) >= 11 is 0. The van der Waals surface area contributed by atoms with Crippen LogP contribution >= 0.6 is 0 Å². The molecule has 1 rings (SSSR count). The van der Waals surface area contributed by atoms with Gasteiger partial charge in [-0.3, -0.25) is 4.79 Å². The third-order valence-corrected chi connectivity index (χ3v) is 3.13. The summed E-state index contributed by atoms with van der Waals surface area (Å²) in [6.07, 6.45) is 2.01. The molecule has 0 saturated heterocycles. The van der Waals surface area contributed by atoms with Crippen LogP contribution in [0.5, 0.6) is 0 Å². The van der Waals surface area contributed by atoms with Crippen molar-refractivity contribution in [1.82, 2.24) is 10.2 Å². The van der Waals surface area contributed by atoms with Crippen molar-refractivity contribution < 1.29 is 9.90 Å². The van der Waals surface area contributed by atoms with Crippen LogP contribution in [0.25, 0.3) is 0 Å². The van der Waals surface area contributed by atoms with E-state index in [1.54, 1.807) is 0 Å². The highest BCUT2D eigenvalue weighted by Gasteiger charge is 2.16. The lowest BCUT2D eigenvalue weighted by Gasteiger charge is -2.16. The van der Waals surface area contributed by atoms with Crippen LogP contribution in [0.4, 0.5) is 5.82 Å². The van der Waals surface area contributed by atoms with E-state index < -0.39 is 5.97 Å². The van der Waals surface area contributed by atoms with Crippen molar-refractivity contribution >= 4 is 11.8 Å². The van der Waals surface area contributed by atoms with E-state index in [1.165, 1.54) is 0 Å². The van der Waals surface area contributed by atoms with Crippen molar-refractivity contribution in [3.63, 3.8) is 0 Å². The maximum Gasteiger partial charge on any atom is 0.303 e. The SMILES string of the molecule is CCc1nnc(NC(C)CCC(=O)O)c(C#N)c1CC. The van der Waals surface area contributed by atoms with Gasteiger partial charge < -0.3 is 10.4 Å². The molecule has 108 valence electrons. The third-order valence-electron chi connectivity index (χ3n) is 3.13. The first-order valence-corrected chi connectivity index (χ1v) is 6.80. The van der Waals surface area contributed by atoms with Crippen LogP contribution in [-0.4, -0.2) is 27.3 Å². The lowest BCUT2D eigenvalue weighted by atomic mass is 10.0. The zero-order valence-electron chi connectivity index (χ0n) is 12.1. The highest BCUT2D eigenvalue weighted by Crippen LogP contribution is 2.21. The Hall–Kier alpha value is -2.16. The molecule has 1 aromatic heterocycles. The van der Waals surface area contributed by atoms with Crippen molar-refractivity contribution in [2.24, 2.45) is 0 Å². The van der Waals surface area contributed by atoms with E-state index in [-0.39, 0.29) is 12.5 Å². The summed E-state index contributed by atoms with van der Waals surface area (Å²) in [6.45, 7) is 5.83. The Bertz CT molecular complexity index is 523. The molecule has 1 unspecified atom stereocenters. The number of carboxylic acids is 1. The minimum atomic E-state index is -0.833. The van der Waals surface area contributed by atoms with Gasteiger partial charge >= 0.3 is 5.97 Å². The van der Waals surface area contributed by atoms with Gasteiger partial charge in [-0.2, -0.15) is 10.4 Å². The fourth-order valence-corrected chi connectivity index (χ4v) is 2.04. The molecule has 0 saturated carbocycles. The summed E-state index contributed by atoms with van der Waals surface area (Å²) in [5.74, 6) is -0.389. The fourth-order valence-electron chi connectivity index (χ4n) is 2.04. The number of hydrogen-bond acceptors (Lipinski definition) is 5. The Kier molecular flexibility index (Phi) is 5.91. The topological polar surface area (TPSA) is 98.9 Å². The summed E-state index contributed by atoms with van der Waals surface area (Å²) < 4.78 is 0. The van der Waals surface area contributed by atoms with Crippen LogP contribution < -0.4 is 5.32 Å². The number of anilines is 1. The van der Waals surface area contributed by atoms with E-state index in [2.05, 4.69) is 21.6 Å². The summed E-state index contributed by atoms with van der Waals surface area (Å²) in [7, 11) is 0. The van der Waals surface area contributed by atoms with Gasteiger partial charge in [0.15, 0.2) is 5.82 Å². The first-order valence-electron chi connectivity index (χ1n) is 6.80. The molecule has 20 heavy (non-hydrogen) atoms. The van der Waals surface area contributed by atoms with Crippen molar-refractivity contribution in [2.75, 3.05) is 5.32 Å². The summed E-state index contributed by atoms with van der Waals surface area (Å²) in [6, 6.07) is 2.10. The van der Waals surface area contributed by atoms with Gasteiger partial charge in [0.25, 0.3) is 0 Å². The highest BCUT2D eigenvalue weighted by atomic mass is 16.4. The zero-order chi connectivity index (χ0) is 15.1. The molecule has 6 heteroatoms. The number of aryl methyl sites for hydroxylation is 1. The number of aliphatic carboxylic acids is 1. The van der Waals surface area contributed by atoms with Crippen molar-refractivity contribution in [1.29, 1.82) is 5.26 Å². The van der Waals surface area contributed by atoms with Gasteiger partial charge in [-0.1, -0.05) is 13.8 Å². The standard InChI is InChI=1S/C14H20N4O2/c1-4-10-11(8-15)14(18-17-12(10)5-2)16-9(3)6-7-13(19)20/h9H,4-7H2,1-3H3,(H,16,18)(H,19,20). The minimum absolute atomic E-state index is 0.0790. The van der Waals surface area contributed by atoms with Crippen LogP contribution in [0.2, 0.25) is 0 Å². The van der Waals surface area contributed by atoms with Crippen molar-refractivity contribution in [3.05, 3.63) is 16.8 Å². The number of carbonyl (C=O) groups is 1. The normalized spacial score (nSPS) is 11.7. The lowest BCUT2D eigenvalue weighted by Crippen LogP contribution is -2.20. The van der Waals surface area contributed by atoms with Gasteiger partial charge in [-0.25, -0.2) is 0 Å². The van der Waals surface area contributed by atoms with Gasteiger partial charge in [0.05, 0.1) is 5.69 Å². The maximum atomic E-state index is 10.6. The number of nitrogens with zero attached hydrogens (tertiary/aromatic N) is 3. The predicted octanol–water partition coefficient (Wildman–Crippen LogP) is 2.14. The molecular weight excluding hydrogens is 256 g/mol. The van der Waals surface area contributed by atoms with Crippen LogP contribution in [0.15, 0.2) is 0 Å². The van der Waals surface area contributed by atoms with Crippen molar-refractivity contribution in [3.8, 4) is 6.07 Å². The maximum absolute atomic E-state index is 10.6. The molecule has 0 aliphatic rings. The van der Waals surface area contributed by atoms with Gasteiger partial charge in [0.1, 0.15) is 11.6 Å². The fraction of sp³-hybridized carbons (Fsp3) is 0.571. The molecule has 1 aromatic rings.